The van der Waals surface area contributed by atoms with Gasteiger partial charge in [0.15, 0.2) is 0 Å². The lowest BCUT2D eigenvalue weighted by molar-refractivity contribution is 0.663. The van der Waals surface area contributed by atoms with Crippen LogP contribution in [0.15, 0.2) is 6.20 Å². The fraction of sp³-hybridized carbons (Fsp3) is 0.714. The first-order valence-electron chi connectivity index (χ1n) is 6.93. The molecule has 108 valence electrons. The predicted molar refractivity (Wildman–Crippen MR) is 86.4 cm³/mol. The van der Waals surface area contributed by atoms with Crippen molar-refractivity contribution in [2.24, 2.45) is 0 Å². The Kier molecular flexibility index (Phi) is 6.99. The molecule has 1 unspecified atom stereocenters. The molecule has 0 aliphatic rings. The first kappa shape index (κ1) is 16.1. The van der Waals surface area contributed by atoms with E-state index in [1.807, 2.05) is 18.0 Å². The summed E-state index contributed by atoms with van der Waals surface area (Å²) < 4.78 is 0. The van der Waals surface area contributed by atoms with Crippen LogP contribution in [0.3, 0.4) is 0 Å². The van der Waals surface area contributed by atoms with Gasteiger partial charge in [-0.25, -0.2) is 4.98 Å². The molecular formula is C14H26N4S. The molecule has 0 fully saturated rings. The summed E-state index contributed by atoms with van der Waals surface area (Å²) in [5.41, 5.74) is 1.13. The molecule has 0 aliphatic carbocycles. The van der Waals surface area contributed by atoms with Crippen molar-refractivity contribution in [3.05, 3.63) is 11.8 Å². The molecule has 1 aromatic rings. The minimum Gasteiger partial charge on any atom is -0.355 e. The van der Waals surface area contributed by atoms with Gasteiger partial charge >= 0.3 is 0 Å². The molecule has 0 aromatic carbocycles. The maximum atomic E-state index is 4.66. The van der Waals surface area contributed by atoms with Crippen molar-refractivity contribution in [1.29, 1.82) is 0 Å². The van der Waals surface area contributed by atoms with Gasteiger partial charge in [-0.15, -0.1) is 0 Å². The standard InChI is InChI=1S/C14H26N4S/c1-6-8-15-14-16-9-11(3)13(17-14)18(4)12(7-2)10-19-5/h9,12H,6-8,10H2,1-5H3,(H,15,16,17). The van der Waals surface area contributed by atoms with E-state index in [1.165, 1.54) is 0 Å². The van der Waals surface area contributed by atoms with Gasteiger partial charge < -0.3 is 10.2 Å². The van der Waals surface area contributed by atoms with Crippen LogP contribution in [0.2, 0.25) is 0 Å². The van der Waals surface area contributed by atoms with Gasteiger partial charge in [-0.1, -0.05) is 13.8 Å². The van der Waals surface area contributed by atoms with Crippen LogP contribution >= 0.6 is 11.8 Å². The van der Waals surface area contributed by atoms with Crippen LogP contribution in [0, 0.1) is 6.92 Å². The minimum atomic E-state index is 0.516. The number of nitrogens with zero attached hydrogens (tertiary/aromatic N) is 3. The molecule has 0 radical (unpaired) electrons. The molecule has 1 rings (SSSR count). The smallest absolute Gasteiger partial charge is 0.224 e. The quantitative estimate of drug-likeness (QED) is 0.793. The molecule has 1 atom stereocenters. The van der Waals surface area contributed by atoms with Gasteiger partial charge in [-0.3, -0.25) is 0 Å². The Morgan fingerprint density at radius 3 is 2.74 bits per heavy atom. The average molecular weight is 282 g/mol. The highest BCUT2D eigenvalue weighted by atomic mass is 32.2. The lowest BCUT2D eigenvalue weighted by Crippen LogP contribution is -2.34. The molecule has 1 heterocycles. The third-order valence-electron chi connectivity index (χ3n) is 3.19. The van der Waals surface area contributed by atoms with Crippen molar-refractivity contribution in [3.8, 4) is 0 Å². The van der Waals surface area contributed by atoms with Gasteiger partial charge in [-0.2, -0.15) is 16.7 Å². The molecule has 0 aliphatic heterocycles. The highest BCUT2D eigenvalue weighted by molar-refractivity contribution is 7.98. The third kappa shape index (κ3) is 4.56. The second kappa shape index (κ2) is 8.25. The largest absolute Gasteiger partial charge is 0.355 e. The molecule has 4 nitrogen and oxygen atoms in total. The van der Waals surface area contributed by atoms with Gasteiger partial charge in [-0.05, 0) is 26.0 Å². The summed E-state index contributed by atoms with van der Waals surface area (Å²) in [6, 6.07) is 0.516. The Morgan fingerprint density at radius 2 is 2.16 bits per heavy atom. The molecule has 1 N–H and O–H groups in total. The highest BCUT2D eigenvalue weighted by Crippen LogP contribution is 2.21. The van der Waals surface area contributed by atoms with Crippen molar-refractivity contribution in [2.75, 3.05) is 35.8 Å². The zero-order chi connectivity index (χ0) is 14.3. The van der Waals surface area contributed by atoms with Crippen molar-refractivity contribution >= 4 is 23.5 Å². The maximum Gasteiger partial charge on any atom is 0.224 e. The number of hydrogen-bond acceptors (Lipinski definition) is 5. The Bertz CT molecular complexity index is 384. The first-order chi connectivity index (χ1) is 9.13. The summed E-state index contributed by atoms with van der Waals surface area (Å²) in [6.45, 7) is 7.35. The average Bonchev–Trinajstić information content (AvgIpc) is 2.43. The van der Waals surface area contributed by atoms with Crippen molar-refractivity contribution in [1.82, 2.24) is 9.97 Å². The van der Waals surface area contributed by atoms with Crippen LogP contribution in [0.25, 0.3) is 0 Å². The molecular weight excluding hydrogens is 256 g/mol. The predicted octanol–water partition coefficient (Wildman–Crippen LogP) is 3.18. The van der Waals surface area contributed by atoms with Gasteiger partial charge in [0.05, 0.1) is 0 Å². The first-order valence-corrected chi connectivity index (χ1v) is 8.32. The summed E-state index contributed by atoms with van der Waals surface area (Å²) in [5.74, 6) is 2.89. The second-order valence-electron chi connectivity index (χ2n) is 4.76. The molecule has 0 saturated carbocycles. The fourth-order valence-electron chi connectivity index (χ4n) is 1.98. The number of aryl methyl sites for hydroxylation is 1. The van der Waals surface area contributed by atoms with E-state index < -0.39 is 0 Å². The summed E-state index contributed by atoms with van der Waals surface area (Å²) in [4.78, 5) is 11.3. The summed E-state index contributed by atoms with van der Waals surface area (Å²) in [5, 5.41) is 3.25. The van der Waals surface area contributed by atoms with Gasteiger partial charge in [0, 0.05) is 37.1 Å². The molecule has 19 heavy (non-hydrogen) atoms. The van der Waals surface area contributed by atoms with Crippen molar-refractivity contribution in [3.63, 3.8) is 0 Å². The van der Waals surface area contributed by atoms with E-state index in [-0.39, 0.29) is 0 Å². The Hall–Kier alpha value is -0.970. The monoisotopic (exact) mass is 282 g/mol. The van der Waals surface area contributed by atoms with Crippen LogP contribution in [-0.2, 0) is 0 Å². The van der Waals surface area contributed by atoms with E-state index in [0.717, 1.165) is 42.5 Å². The highest BCUT2D eigenvalue weighted by Gasteiger charge is 2.16. The van der Waals surface area contributed by atoms with Crippen LogP contribution < -0.4 is 10.2 Å². The molecule has 0 amide bonds. The lowest BCUT2D eigenvalue weighted by atomic mass is 10.2. The molecule has 5 heteroatoms. The molecule has 0 bridgehead atoms. The van der Waals surface area contributed by atoms with Crippen molar-refractivity contribution in [2.45, 2.75) is 39.7 Å². The summed E-state index contributed by atoms with van der Waals surface area (Å²) >= 11 is 1.88. The number of hydrogen-bond donors (Lipinski definition) is 1. The third-order valence-corrected chi connectivity index (χ3v) is 3.91. The molecule has 0 saturated heterocycles. The fourth-order valence-corrected chi connectivity index (χ4v) is 2.82. The van der Waals surface area contributed by atoms with Crippen LogP contribution in [0.5, 0.6) is 0 Å². The topological polar surface area (TPSA) is 41.1 Å². The zero-order valence-corrected chi connectivity index (χ0v) is 13.5. The number of rotatable bonds is 8. The minimum absolute atomic E-state index is 0.516. The van der Waals surface area contributed by atoms with E-state index in [1.54, 1.807) is 0 Å². The maximum absolute atomic E-state index is 4.66. The van der Waals surface area contributed by atoms with Gasteiger partial charge in [0.2, 0.25) is 5.95 Å². The van der Waals surface area contributed by atoms with E-state index in [4.69, 9.17) is 0 Å². The molecule has 0 spiro atoms. The Balaban J connectivity index is 2.90. The van der Waals surface area contributed by atoms with E-state index in [0.29, 0.717) is 6.04 Å². The van der Waals surface area contributed by atoms with Crippen LogP contribution in [0.1, 0.15) is 32.3 Å². The van der Waals surface area contributed by atoms with E-state index >= 15 is 0 Å². The number of aromatic nitrogens is 2. The number of thioether (sulfide) groups is 1. The Labute approximate surface area is 121 Å². The van der Waals surface area contributed by atoms with Gasteiger partial charge in [0.25, 0.3) is 0 Å². The summed E-state index contributed by atoms with van der Waals surface area (Å²) in [6.07, 6.45) is 6.26. The van der Waals surface area contributed by atoms with Crippen molar-refractivity contribution < 1.29 is 0 Å². The Morgan fingerprint density at radius 1 is 1.42 bits per heavy atom. The summed E-state index contributed by atoms with van der Waals surface area (Å²) in [7, 11) is 2.13. The van der Waals surface area contributed by atoms with Crippen LogP contribution in [0.4, 0.5) is 11.8 Å². The zero-order valence-electron chi connectivity index (χ0n) is 12.7. The second-order valence-corrected chi connectivity index (χ2v) is 5.67. The van der Waals surface area contributed by atoms with Gasteiger partial charge in [0.1, 0.15) is 5.82 Å². The normalized spacial score (nSPS) is 12.3. The van der Waals surface area contributed by atoms with E-state index in [2.05, 4.69) is 54.3 Å². The number of anilines is 2. The van der Waals surface area contributed by atoms with Crippen LogP contribution in [-0.4, -0.2) is 41.6 Å². The van der Waals surface area contributed by atoms with E-state index in [9.17, 15) is 0 Å². The SMILES string of the molecule is CCCNc1ncc(C)c(N(C)C(CC)CSC)n1. The molecule has 1 aromatic heterocycles. The lowest BCUT2D eigenvalue weighted by Gasteiger charge is -2.29. The number of nitrogens with one attached hydrogen (secondary N) is 1.